The number of aromatic nitrogens is 3. The van der Waals surface area contributed by atoms with Crippen LogP contribution in [-0.4, -0.2) is 27.0 Å². The highest BCUT2D eigenvalue weighted by Gasteiger charge is 2.18. The lowest BCUT2D eigenvalue weighted by Gasteiger charge is -2.25. The summed E-state index contributed by atoms with van der Waals surface area (Å²) in [6, 6.07) is 2.12. The van der Waals surface area contributed by atoms with Crippen molar-refractivity contribution in [1.82, 2.24) is 14.6 Å². The smallest absolute Gasteiger partial charge is 0.152 e. The Morgan fingerprint density at radius 3 is 2.81 bits per heavy atom. The van der Waals surface area contributed by atoms with E-state index in [0.717, 1.165) is 42.3 Å². The maximum Gasteiger partial charge on any atom is 0.152 e. The lowest BCUT2D eigenvalue weighted by Crippen LogP contribution is -2.23. The summed E-state index contributed by atoms with van der Waals surface area (Å²) >= 11 is 5.79. The van der Waals surface area contributed by atoms with Crippen molar-refractivity contribution < 1.29 is 0 Å². The van der Waals surface area contributed by atoms with Crippen LogP contribution in [0, 0.1) is 5.41 Å². The lowest BCUT2D eigenvalue weighted by molar-refractivity contribution is 0.355. The molecule has 2 heterocycles. The molecule has 2 aromatic rings. The van der Waals surface area contributed by atoms with Gasteiger partial charge in [0.15, 0.2) is 5.82 Å². The predicted molar refractivity (Wildman–Crippen MR) is 89.3 cm³/mol. The van der Waals surface area contributed by atoms with Crippen LogP contribution >= 0.6 is 11.6 Å². The second-order valence-electron chi connectivity index (χ2n) is 6.64. The molecule has 21 heavy (non-hydrogen) atoms. The quantitative estimate of drug-likeness (QED) is 0.775. The van der Waals surface area contributed by atoms with Gasteiger partial charge in [0.05, 0.1) is 5.69 Å². The number of rotatable bonds is 7. The van der Waals surface area contributed by atoms with Crippen LogP contribution in [0.4, 0.5) is 5.82 Å². The summed E-state index contributed by atoms with van der Waals surface area (Å²) in [7, 11) is 0. The van der Waals surface area contributed by atoms with Crippen molar-refractivity contribution in [3.63, 3.8) is 0 Å². The van der Waals surface area contributed by atoms with Gasteiger partial charge in [0.2, 0.25) is 0 Å². The Morgan fingerprint density at radius 2 is 2.14 bits per heavy atom. The molecule has 0 spiro atoms. The average molecular weight is 309 g/mol. The van der Waals surface area contributed by atoms with E-state index in [1.54, 1.807) is 6.20 Å². The van der Waals surface area contributed by atoms with E-state index in [1.165, 1.54) is 0 Å². The number of halogens is 1. The number of nitrogens with zero attached hydrogens (tertiary/aromatic N) is 3. The first-order valence-corrected chi connectivity index (χ1v) is 8.10. The molecular weight excluding hydrogens is 284 g/mol. The highest BCUT2D eigenvalue weighted by Crippen LogP contribution is 2.25. The Bertz CT molecular complexity index is 589. The van der Waals surface area contributed by atoms with E-state index in [4.69, 9.17) is 11.6 Å². The first kappa shape index (κ1) is 16.1. The first-order valence-electron chi connectivity index (χ1n) is 7.57. The Labute approximate surface area is 131 Å². The van der Waals surface area contributed by atoms with Gasteiger partial charge in [0, 0.05) is 24.8 Å². The second-order valence-corrected chi connectivity index (χ2v) is 7.02. The lowest BCUT2D eigenvalue weighted by atomic mass is 9.88. The van der Waals surface area contributed by atoms with Gasteiger partial charge < -0.3 is 5.32 Å². The topological polar surface area (TPSA) is 42.2 Å². The third kappa shape index (κ3) is 4.10. The Hall–Kier alpha value is -1.29. The summed E-state index contributed by atoms with van der Waals surface area (Å²) in [5.74, 6) is 2.03. The van der Waals surface area contributed by atoms with Gasteiger partial charge in [-0.1, -0.05) is 27.7 Å². The molecule has 0 fully saturated rings. The molecule has 2 aromatic heterocycles. The van der Waals surface area contributed by atoms with Crippen LogP contribution in [0.25, 0.3) is 5.52 Å². The molecule has 0 unspecified atom stereocenters. The van der Waals surface area contributed by atoms with Crippen LogP contribution in [0.3, 0.4) is 0 Å². The molecule has 0 radical (unpaired) electrons. The molecule has 2 rings (SSSR count). The molecule has 0 amide bonds. The van der Waals surface area contributed by atoms with Gasteiger partial charge in [-0.05, 0) is 30.2 Å². The zero-order valence-electron chi connectivity index (χ0n) is 13.4. The van der Waals surface area contributed by atoms with Gasteiger partial charge in [-0.3, -0.25) is 0 Å². The van der Waals surface area contributed by atoms with Crippen LogP contribution in [0.5, 0.6) is 0 Å². The first-order chi connectivity index (χ1) is 9.93. The molecule has 0 atom stereocenters. The summed E-state index contributed by atoms with van der Waals surface area (Å²) < 4.78 is 1.90. The molecule has 5 heteroatoms. The average Bonchev–Trinajstić information content (AvgIpc) is 2.88. The van der Waals surface area contributed by atoms with Crippen molar-refractivity contribution in [2.75, 3.05) is 17.7 Å². The van der Waals surface area contributed by atoms with E-state index >= 15 is 0 Å². The monoisotopic (exact) mass is 308 g/mol. The normalized spacial score (nSPS) is 12.3. The molecule has 0 saturated carbocycles. The van der Waals surface area contributed by atoms with E-state index in [-0.39, 0.29) is 5.41 Å². The van der Waals surface area contributed by atoms with Gasteiger partial charge >= 0.3 is 0 Å². The van der Waals surface area contributed by atoms with Crippen molar-refractivity contribution >= 4 is 22.9 Å². The van der Waals surface area contributed by atoms with Gasteiger partial charge in [-0.25, -0.2) is 9.50 Å². The van der Waals surface area contributed by atoms with Crippen molar-refractivity contribution in [3.05, 3.63) is 24.2 Å². The van der Waals surface area contributed by atoms with Crippen LogP contribution < -0.4 is 5.32 Å². The summed E-state index contributed by atoms with van der Waals surface area (Å²) in [6.45, 7) is 9.68. The second kappa shape index (κ2) is 6.65. The standard InChI is InChI=1S/C16H25ClN4/c1-12(2)13-10-14-15(18-8-9-21(14)20-13)19-11-16(3,4)6-5-7-17/h8-10,12H,5-7,11H2,1-4H3,(H,18,19). The molecule has 0 aliphatic heterocycles. The maximum absolute atomic E-state index is 5.79. The van der Waals surface area contributed by atoms with E-state index in [9.17, 15) is 0 Å². The summed E-state index contributed by atoms with van der Waals surface area (Å²) in [6.07, 6.45) is 5.82. The SMILES string of the molecule is CC(C)c1cc2c(NCC(C)(C)CCCCl)nccn2n1. The number of hydrogen-bond acceptors (Lipinski definition) is 3. The fourth-order valence-electron chi connectivity index (χ4n) is 2.32. The molecule has 0 aromatic carbocycles. The van der Waals surface area contributed by atoms with Crippen molar-refractivity contribution in [2.45, 2.75) is 46.5 Å². The number of anilines is 1. The van der Waals surface area contributed by atoms with Crippen LogP contribution in [0.1, 0.15) is 52.1 Å². The third-order valence-electron chi connectivity index (χ3n) is 3.72. The molecule has 0 saturated heterocycles. The minimum absolute atomic E-state index is 0.199. The van der Waals surface area contributed by atoms with Gasteiger partial charge in [0.25, 0.3) is 0 Å². The predicted octanol–water partition coefficient (Wildman–Crippen LogP) is 4.31. The molecular formula is C16H25ClN4. The zero-order chi connectivity index (χ0) is 15.5. The number of hydrogen-bond donors (Lipinski definition) is 1. The highest BCUT2D eigenvalue weighted by atomic mass is 35.5. The van der Waals surface area contributed by atoms with Crippen LogP contribution in [0.15, 0.2) is 18.5 Å². The zero-order valence-corrected chi connectivity index (χ0v) is 14.1. The van der Waals surface area contributed by atoms with Crippen LogP contribution in [0.2, 0.25) is 0 Å². The Kier molecular flexibility index (Phi) is 5.09. The number of alkyl halides is 1. The van der Waals surface area contributed by atoms with Crippen molar-refractivity contribution in [3.8, 4) is 0 Å². The number of nitrogens with one attached hydrogen (secondary N) is 1. The van der Waals surface area contributed by atoms with Crippen molar-refractivity contribution in [2.24, 2.45) is 5.41 Å². The van der Waals surface area contributed by atoms with E-state index in [1.807, 2.05) is 10.7 Å². The van der Waals surface area contributed by atoms with E-state index < -0.39 is 0 Å². The fourth-order valence-corrected chi connectivity index (χ4v) is 2.45. The highest BCUT2D eigenvalue weighted by molar-refractivity contribution is 6.17. The number of fused-ring (bicyclic) bond motifs is 1. The molecule has 0 aliphatic rings. The fraction of sp³-hybridized carbons (Fsp3) is 0.625. The van der Waals surface area contributed by atoms with Gasteiger partial charge in [-0.2, -0.15) is 5.10 Å². The van der Waals surface area contributed by atoms with E-state index in [2.05, 4.69) is 49.2 Å². The minimum Gasteiger partial charge on any atom is -0.368 e. The molecule has 0 aliphatic carbocycles. The Morgan fingerprint density at radius 1 is 1.38 bits per heavy atom. The third-order valence-corrected chi connectivity index (χ3v) is 3.99. The maximum atomic E-state index is 5.79. The Balaban J connectivity index is 2.15. The van der Waals surface area contributed by atoms with Crippen molar-refractivity contribution in [1.29, 1.82) is 0 Å². The summed E-state index contributed by atoms with van der Waals surface area (Å²) in [5, 5.41) is 8.06. The minimum atomic E-state index is 0.199. The summed E-state index contributed by atoms with van der Waals surface area (Å²) in [4.78, 5) is 4.46. The molecule has 0 bridgehead atoms. The summed E-state index contributed by atoms with van der Waals surface area (Å²) in [5.41, 5.74) is 2.33. The molecule has 1 N–H and O–H groups in total. The molecule has 116 valence electrons. The van der Waals surface area contributed by atoms with Crippen LogP contribution in [-0.2, 0) is 0 Å². The van der Waals surface area contributed by atoms with Gasteiger partial charge in [0.1, 0.15) is 5.52 Å². The largest absolute Gasteiger partial charge is 0.368 e. The molecule has 4 nitrogen and oxygen atoms in total. The van der Waals surface area contributed by atoms with Gasteiger partial charge in [-0.15, -0.1) is 11.6 Å². The van der Waals surface area contributed by atoms with E-state index in [0.29, 0.717) is 5.92 Å².